The molecule has 29 heavy (non-hydrogen) atoms. The fourth-order valence-electron chi connectivity index (χ4n) is 3.19. The molecule has 0 radical (unpaired) electrons. The number of benzene rings is 1. The molecule has 1 saturated heterocycles. The Bertz CT molecular complexity index is 922. The van der Waals surface area contributed by atoms with Crippen molar-refractivity contribution in [2.24, 2.45) is 0 Å². The lowest BCUT2D eigenvalue weighted by molar-refractivity contribution is -0.116. The van der Waals surface area contributed by atoms with Crippen molar-refractivity contribution in [2.45, 2.75) is 19.8 Å². The number of aromatic amines is 1. The molecular weight excluding hydrogens is 376 g/mol. The first-order chi connectivity index (χ1) is 14.0. The third-order valence-corrected chi connectivity index (χ3v) is 4.79. The molecule has 9 heteroatoms. The van der Waals surface area contributed by atoms with Gasteiger partial charge in [0.05, 0.1) is 27.4 Å². The summed E-state index contributed by atoms with van der Waals surface area (Å²) < 4.78 is 15.8. The minimum Gasteiger partial charge on any atom is -0.493 e. The van der Waals surface area contributed by atoms with Gasteiger partial charge >= 0.3 is 0 Å². The molecule has 1 amide bonds. The summed E-state index contributed by atoms with van der Waals surface area (Å²) in [6, 6.07) is 5.14. The number of carbonyl (C=O) groups is 1. The van der Waals surface area contributed by atoms with Gasteiger partial charge in [-0.3, -0.25) is 14.6 Å². The zero-order chi connectivity index (χ0) is 20.8. The molecule has 9 nitrogen and oxygen atoms in total. The minimum atomic E-state index is -0.210. The van der Waals surface area contributed by atoms with E-state index in [0.717, 1.165) is 0 Å². The van der Waals surface area contributed by atoms with Gasteiger partial charge in [0.25, 0.3) is 5.56 Å². The standard InChI is InChI=1S/C20H26N4O5/c1-13-15(19(26)23-20(21-13)24-8-10-29-11-9-24)5-7-18(25)22-14-4-6-16(27-2)17(12-14)28-3/h4,6,12H,5,7-11H2,1-3H3,(H,22,25)(H,21,23,26). The highest BCUT2D eigenvalue weighted by Gasteiger charge is 2.17. The monoisotopic (exact) mass is 402 g/mol. The van der Waals surface area contributed by atoms with Crippen LogP contribution in [-0.4, -0.2) is 56.4 Å². The maximum Gasteiger partial charge on any atom is 0.255 e. The molecule has 2 aromatic rings. The van der Waals surface area contributed by atoms with E-state index in [-0.39, 0.29) is 17.9 Å². The fraction of sp³-hybridized carbons (Fsp3) is 0.450. The number of methoxy groups -OCH3 is 2. The number of nitrogens with zero attached hydrogens (tertiary/aromatic N) is 2. The number of amides is 1. The van der Waals surface area contributed by atoms with Gasteiger partial charge in [0.15, 0.2) is 11.5 Å². The van der Waals surface area contributed by atoms with Crippen molar-refractivity contribution < 1.29 is 19.0 Å². The number of hydrogen-bond donors (Lipinski definition) is 2. The number of rotatable bonds is 7. The van der Waals surface area contributed by atoms with E-state index in [0.29, 0.717) is 67.1 Å². The Balaban J connectivity index is 1.63. The van der Waals surface area contributed by atoms with Gasteiger partial charge in [-0.15, -0.1) is 0 Å². The van der Waals surface area contributed by atoms with Gasteiger partial charge < -0.3 is 24.4 Å². The van der Waals surface area contributed by atoms with Gasteiger partial charge in [-0.05, 0) is 25.5 Å². The molecule has 2 N–H and O–H groups in total. The summed E-state index contributed by atoms with van der Waals surface area (Å²) in [4.78, 5) is 34.2. The molecule has 0 unspecified atom stereocenters. The zero-order valence-electron chi connectivity index (χ0n) is 16.9. The molecule has 0 bridgehead atoms. The number of hydrogen-bond acceptors (Lipinski definition) is 7. The number of nitrogens with one attached hydrogen (secondary N) is 2. The van der Waals surface area contributed by atoms with E-state index in [2.05, 4.69) is 15.3 Å². The van der Waals surface area contributed by atoms with Crippen molar-refractivity contribution in [3.8, 4) is 11.5 Å². The highest BCUT2D eigenvalue weighted by molar-refractivity contribution is 5.91. The van der Waals surface area contributed by atoms with Gasteiger partial charge in [0, 0.05) is 42.5 Å². The SMILES string of the molecule is COc1ccc(NC(=O)CCc2c(C)nc(N3CCOCC3)[nH]c2=O)cc1OC. The lowest BCUT2D eigenvalue weighted by Gasteiger charge is -2.27. The Morgan fingerprint density at radius 3 is 2.62 bits per heavy atom. The van der Waals surface area contributed by atoms with Gasteiger partial charge in [-0.1, -0.05) is 0 Å². The van der Waals surface area contributed by atoms with E-state index in [1.165, 1.54) is 7.11 Å². The van der Waals surface area contributed by atoms with E-state index < -0.39 is 0 Å². The third-order valence-electron chi connectivity index (χ3n) is 4.79. The zero-order valence-corrected chi connectivity index (χ0v) is 16.9. The number of carbonyl (C=O) groups excluding carboxylic acids is 1. The van der Waals surface area contributed by atoms with Crippen LogP contribution in [0.15, 0.2) is 23.0 Å². The summed E-state index contributed by atoms with van der Waals surface area (Å²) >= 11 is 0. The summed E-state index contributed by atoms with van der Waals surface area (Å²) in [5.41, 5.74) is 1.54. The molecule has 0 spiro atoms. The first kappa shape index (κ1) is 20.7. The summed E-state index contributed by atoms with van der Waals surface area (Å²) in [5, 5.41) is 2.81. The van der Waals surface area contributed by atoms with Crippen molar-refractivity contribution >= 4 is 17.5 Å². The molecule has 1 aliphatic rings. The number of aromatic nitrogens is 2. The number of H-pyrrole nitrogens is 1. The first-order valence-electron chi connectivity index (χ1n) is 9.46. The van der Waals surface area contributed by atoms with Crippen molar-refractivity contribution in [2.75, 3.05) is 50.7 Å². The molecule has 0 saturated carbocycles. The van der Waals surface area contributed by atoms with Crippen LogP contribution < -0.4 is 25.2 Å². The van der Waals surface area contributed by atoms with Crippen LogP contribution in [0.2, 0.25) is 0 Å². The molecule has 1 aliphatic heterocycles. The maximum atomic E-state index is 12.5. The molecular formula is C20H26N4O5. The lowest BCUT2D eigenvalue weighted by atomic mass is 10.1. The maximum absolute atomic E-state index is 12.5. The van der Waals surface area contributed by atoms with Crippen LogP contribution in [0.3, 0.4) is 0 Å². The largest absolute Gasteiger partial charge is 0.493 e. The molecule has 1 aromatic heterocycles. The Hall–Kier alpha value is -3.07. The van der Waals surface area contributed by atoms with Gasteiger partial charge in [-0.25, -0.2) is 4.98 Å². The van der Waals surface area contributed by atoms with Crippen molar-refractivity contribution in [1.29, 1.82) is 0 Å². The Kier molecular flexibility index (Phi) is 6.71. The molecule has 1 aromatic carbocycles. The molecule has 0 atom stereocenters. The third kappa shape index (κ3) is 5.05. The summed E-state index contributed by atoms with van der Waals surface area (Å²) in [6.07, 6.45) is 0.466. The molecule has 3 rings (SSSR count). The van der Waals surface area contributed by atoms with Gasteiger partial charge in [0.1, 0.15) is 0 Å². The van der Waals surface area contributed by atoms with Crippen molar-refractivity contribution in [1.82, 2.24) is 9.97 Å². The highest BCUT2D eigenvalue weighted by Crippen LogP contribution is 2.29. The molecule has 2 heterocycles. The van der Waals surface area contributed by atoms with E-state index in [4.69, 9.17) is 14.2 Å². The summed E-state index contributed by atoms with van der Waals surface area (Å²) in [6.45, 7) is 4.40. The summed E-state index contributed by atoms with van der Waals surface area (Å²) in [5.74, 6) is 1.46. The second kappa shape index (κ2) is 9.42. The van der Waals surface area contributed by atoms with Crippen molar-refractivity contribution in [3.63, 3.8) is 0 Å². The van der Waals surface area contributed by atoms with Crippen LogP contribution in [0.5, 0.6) is 11.5 Å². The van der Waals surface area contributed by atoms with Crippen LogP contribution in [0.4, 0.5) is 11.6 Å². The number of anilines is 2. The van der Waals surface area contributed by atoms with E-state index in [9.17, 15) is 9.59 Å². The Morgan fingerprint density at radius 2 is 1.97 bits per heavy atom. The van der Waals surface area contributed by atoms with Crippen LogP contribution in [0.1, 0.15) is 17.7 Å². The van der Waals surface area contributed by atoms with Crippen LogP contribution in [0, 0.1) is 6.92 Å². The Morgan fingerprint density at radius 1 is 1.24 bits per heavy atom. The topological polar surface area (TPSA) is 106 Å². The number of morpholine rings is 1. The van der Waals surface area contributed by atoms with Crippen molar-refractivity contribution in [3.05, 3.63) is 39.8 Å². The second-order valence-corrected chi connectivity index (χ2v) is 6.67. The summed E-state index contributed by atoms with van der Waals surface area (Å²) in [7, 11) is 3.08. The lowest BCUT2D eigenvalue weighted by Crippen LogP contribution is -2.38. The quantitative estimate of drug-likeness (QED) is 0.723. The fourth-order valence-corrected chi connectivity index (χ4v) is 3.19. The van der Waals surface area contributed by atoms with Crippen LogP contribution >= 0.6 is 0 Å². The number of aryl methyl sites for hydroxylation is 1. The molecule has 156 valence electrons. The van der Waals surface area contributed by atoms with Crippen LogP contribution in [0.25, 0.3) is 0 Å². The molecule has 0 aliphatic carbocycles. The highest BCUT2D eigenvalue weighted by atomic mass is 16.5. The predicted octanol–water partition coefficient (Wildman–Crippen LogP) is 1.50. The van der Waals surface area contributed by atoms with Gasteiger partial charge in [-0.2, -0.15) is 0 Å². The normalized spacial score (nSPS) is 13.8. The average molecular weight is 402 g/mol. The van der Waals surface area contributed by atoms with E-state index in [1.54, 1.807) is 32.2 Å². The number of ether oxygens (including phenoxy) is 3. The van der Waals surface area contributed by atoms with Crippen LogP contribution in [-0.2, 0) is 16.0 Å². The van der Waals surface area contributed by atoms with E-state index >= 15 is 0 Å². The smallest absolute Gasteiger partial charge is 0.255 e. The Labute approximate surface area is 169 Å². The van der Waals surface area contributed by atoms with Gasteiger partial charge in [0.2, 0.25) is 11.9 Å². The minimum absolute atomic E-state index is 0.164. The second-order valence-electron chi connectivity index (χ2n) is 6.67. The van der Waals surface area contributed by atoms with E-state index in [1.807, 2.05) is 4.90 Å². The average Bonchev–Trinajstić information content (AvgIpc) is 2.73. The predicted molar refractivity (Wildman–Crippen MR) is 109 cm³/mol. The first-order valence-corrected chi connectivity index (χ1v) is 9.46. The molecule has 1 fully saturated rings.